The molecule has 0 amide bonds. The van der Waals surface area contributed by atoms with Crippen molar-refractivity contribution in [2.24, 2.45) is 7.05 Å². The molecule has 0 aliphatic rings. The smallest absolute Gasteiger partial charge is 0.106 e. The van der Waals surface area contributed by atoms with Gasteiger partial charge < -0.3 is 9.88 Å². The van der Waals surface area contributed by atoms with E-state index in [1.807, 2.05) is 26.4 Å². The van der Waals surface area contributed by atoms with Gasteiger partial charge in [0.25, 0.3) is 0 Å². The van der Waals surface area contributed by atoms with Crippen LogP contribution in [0.15, 0.2) is 12.4 Å². The third-order valence-electron chi connectivity index (χ3n) is 2.80. The van der Waals surface area contributed by atoms with E-state index in [-0.39, 0.29) is 0 Å². The van der Waals surface area contributed by atoms with Crippen molar-refractivity contribution in [2.75, 3.05) is 0 Å². The predicted molar refractivity (Wildman–Crippen MR) is 69.0 cm³/mol. The number of imidazole rings is 1. The van der Waals surface area contributed by atoms with Crippen LogP contribution in [-0.2, 0) is 20.1 Å². The molecule has 0 radical (unpaired) electrons. The first kappa shape index (κ1) is 12.8. The number of rotatable bonds is 5. The second kappa shape index (κ2) is 5.30. The van der Waals surface area contributed by atoms with Crippen molar-refractivity contribution in [1.29, 1.82) is 0 Å². The Morgan fingerprint density at radius 2 is 2.17 bits per heavy atom. The van der Waals surface area contributed by atoms with Crippen LogP contribution in [0.25, 0.3) is 0 Å². The molecule has 0 aliphatic heterocycles. The molecule has 0 aromatic carbocycles. The molecule has 2 heterocycles. The lowest BCUT2D eigenvalue weighted by atomic mass is 10.3. The predicted octanol–water partition coefficient (Wildman–Crippen LogP) is 0.866. The Balaban J connectivity index is 2.13. The van der Waals surface area contributed by atoms with E-state index in [1.54, 1.807) is 4.68 Å². The summed E-state index contributed by atoms with van der Waals surface area (Å²) in [5.74, 6) is 1.00. The summed E-state index contributed by atoms with van der Waals surface area (Å²) in [6.45, 7) is 7.81. The fraction of sp³-hybridized carbons (Fsp3) is 0.583. The number of nitrogens with zero attached hydrogens (tertiary/aromatic N) is 5. The van der Waals surface area contributed by atoms with Gasteiger partial charge in [-0.05, 0) is 6.92 Å². The Kier molecular flexibility index (Phi) is 3.76. The quantitative estimate of drug-likeness (QED) is 0.853. The molecule has 2 rings (SSSR count). The summed E-state index contributed by atoms with van der Waals surface area (Å²) in [4.78, 5) is 4.37. The van der Waals surface area contributed by atoms with E-state index < -0.39 is 0 Å². The van der Waals surface area contributed by atoms with E-state index in [0.29, 0.717) is 6.04 Å². The van der Waals surface area contributed by atoms with Gasteiger partial charge in [-0.2, -0.15) is 0 Å². The van der Waals surface area contributed by atoms with Crippen molar-refractivity contribution in [2.45, 2.75) is 39.9 Å². The van der Waals surface area contributed by atoms with Crippen molar-refractivity contribution in [3.05, 3.63) is 29.6 Å². The van der Waals surface area contributed by atoms with Crippen LogP contribution < -0.4 is 5.32 Å². The Hall–Kier alpha value is -1.69. The Morgan fingerprint density at radius 3 is 2.78 bits per heavy atom. The monoisotopic (exact) mass is 248 g/mol. The van der Waals surface area contributed by atoms with Crippen molar-refractivity contribution >= 4 is 0 Å². The van der Waals surface area contributed by atoms with Crippen LogP contribution in [0, 0.1) is 6.92 Å². The van der Waals surface area contributed by atoms with Gasteiger partial charge in [0.15, 0.2) is 0 Å². The van der Waals surface area contributed by atoms with Gasteiger partial charge in [0.1, 0.15) is 11.5 Å². The molecule has 1 N–H and O–H groups in total. The molecule has 0 atom stereocenters. The second-order valence-electron chi connectivity index (χ2n) is 4.80. The molecule has 0 saturated heterocycles. The molecular weight excluding hydrogens is 228 g/mol. The van der Waals surface area contributed by atoms with Crippen molar-refractivity contribution < 1.29 is 0 Å². The lowest BCUT2D eigenvalue weighted by Crippen LogP contribution is -2.23. The van der Waals surface area contributed by atoms with Gasteiger partial charge in [-0.3, -0.25) is 4.68 Å². The second-order valence-corrected chi connectivity index (χ2v) is 4.80. The van der Waals surface area contributed by atoms with E-state index in [2.05, 4.69) is 39.0 Å². The fourth-order valence-corrected chi connectivity index (χ4v) is 1.81. The van der Waals surface area contributed by atoms with Gasteiger partial charge in [0.05, 0.1) is 12.2 Å². The standard InChI is InChI=1S/C12H20N6/c1-9(2)13-5-12-6-14-10(3)18(12)8-11-7-17(4)16-15-11/h6-7,9,13H,5,8H2,1-4H3. The van der Waals surface area contributed by atoms with Gasteiger partial charge >= 0.3 is 0 Å². The highest BCUT2D eigenvalue weighted by Gasteiger charge is 2.09. The minimum atomic E-state index is 0.463. The van der Waals surface area contributed by atoms with E-state index in [1.165, 1.54) is 5.69 Å². The van der Waals surface area contributed by atoms with E-state index in [0.717, 1.165) is 24.6 Å². The summed E-state index contributed by atoms with van der Waals surface area (Å²) in [6, 6.07) is 0.463. The topological polar surface area (TPSA) is 60.6 Å². The Bertz CT molecular complexity index is 510. The van der Waals surface area contributed by atoms with Gasteiger partial charge in [0, 0.05) is 32.0 Å². The summed E-state index contributed by atoms with van der Waals surface area (Å²) < 4.78 is 3.88. The largest absolute Gasteiger partial charge is 0.325 e. The normalized spacial score (nSPS) is 11.4. The lowest BCUT2D eigenvalue weighted by molar-refractivity contribution is 0.560. The van der Waals surface area contributed by atoms with Crippen LogP contribution in [-0.4, -0.2) is 30.6 Å². The average Bonchev–Trinajstić information content (AvgIpc) is 2.85. The fourth-order valence-electron chi connectivity index (χ4n) is 1.81. The number of aryl methyl sites for hydroxylation is 2. The maximum absolute atomic E-state index is 4.37. The maximum atomic E-state index is 4.37. The number of hydrogen-bond acceptors (Lipinski definition) is 4. The molecule has 2 aromatic heterocycles. The summed E-state index contributed by atoms with van der Waals surface area (Å²) in [6.07, 6.45) is 3.85. The van der Waals surface area contributed by atoms with Crippen LogP contribution in [0.1, 0.15) is 31.1 Å². The molecule has 6 nitrogen and oxygen atoms in total. The third kappa shape index (κ3) is 2.95. The zero-order valence-corrected chi connectivity index (χ0v) is 11.4. The summed E-state index contributed by atoms with van der Waals surface area (Å²) in [7, 11) is 1.87. The number of aromatic nitrogens is 5. The van der Waals surface area contributed by atoms with E-state index >= 15 is 0 Å². The van der Waals surface area contributed by atoms with Gasteiger partial charge in [-0.15, -0.1) is 5.10 Å². The SMILES string of the molecule is Cc1ncc(CNC(C)C)n1Cc1cn(C)nn1. The molecule has 0 spiro atoms. The summed E-state index contributed by atoms with van der Waals surface area (Å²) in [5.41, 5.74) is 2.12. The van der Waals surface area contributed by atoms with Gasteiger partial charge in [-0.25, -0.2) is 4.98 Å². The average molecular weight is 248 g/mol. The Labute approximate surface area is 107 Å². The van der Waals surface area contributed by atoms with Crippen molar-refractivity contribution in [3.63, 3.8) is 0 Å². The summed E-state index contributed by atoms with van der Waals surface area (Å²) >= 11 is 0. The van der Waals surface area contributed by atoms with E-state index in [9.17, 15) is 0 Å². The molecule has 98 valence electrons. The first-order chi connectivity index (χ1) is 8.56. The highest BCUT2D eigenvalue weighted by atomic mass is 15.4. The molecule has 0 aliphatic carbocycles. The third-order valence-corrected chi connectivity index (χ3v) is 2.80. The lowest BCUT2D eigenvalue weighted by Gasteiger charge is -2.11. The highest BCUT2D eigenvalue weighted by molar-refractivity contribution is 5.08. The molecule has 0 unspecified atom stereocenters. The molecule has 18 heavy (non-hydrogen) atoms. The van der Waals surface area contributed by atoms with Crippen LogP contribution in [0.3, 0.4) is 0 Å². The zero-order valence-electron chi connectivity index (χ0n) is 11.4. The summed E-state index contributed by atoms with van der Waals surface area (Å²) in [5, 5.41) is 11.5. The number of nitrogens with one attached hydrogen (secondary N) is 1. The van der Waals surface area contributed by atoms with Gasteiger partial charge in [0.2, 0.25) is 0 Å². The molecule has 0 fully saturated rings. The molecule has 0 saturated carbocycles. The van der Waals surface area contributed by atoms with Crippen molar-refractivity contribution in [1.82, 2.24) is 29.9 Å². The molecule has 2 aromatic rings. The molecule has 0 bridgehead atoms. The molecular formula is C12H20N6. The number of hydrogen-bond donors (Lipinski definition) is 1. The van der Waals surface area contributed by atoms with Gasteiger partial charge in [-0.1, -0.05) is 19.1 Å². The van der Waals surface area contributed by atoms with Crippen LogP contribution in [0.2, 0.25) is 0 Å². The van der Waals surface area contributed by atoms with Crippen molar-refractivity contribution in [3.8, 4) is 0 Å². The molecule has 6 heteroatoms. The minimum Gasteiger partial charge on any atom is -0.325 e. The highest BCUT2D eigenvalue weighted by Crippen LogP contribution is 2.08. The minimum absolute atomic E-state index is 0.463. The van der Waals surface area contributed by atoms with Crippen LogP contribution >= 0.6 is 0 Å². The van der Waals surface area contributed by atoms with Crippen LogP contribution in [0.4, 0.5) is 0 Å². The van der Waals surface area contributed by atoms with E-state index in [4.69, 9.17) is 0 Å². The first-order valence-corrected chi connectivity index (χ1v) is 6.16. The first-order valence-electron chi connectivity index (χ1n) is 6.16. The van der Waals surface area contributed by atoms with Crippen LogP contribution in [0.5, 0.6) is 0 Å². The maximum Gasteiger partial charge on any atom is 0.106 e. The zero-order chi connectivity index (χ0) is 13.1. The Morgan fingerprint density at radius 1 is 1.39 bits per heavy atom.